The van der Waals surface area contributed by atoms with Gasteiger partial charge in [-0.25, -0.2) is 0 Å². The van der Waals surface area contributed by atoms with E-state index >= 15 is 0 Å². The number of halogens is 1. The smallest absolute Gasteiger partial charge is 0.288 e. The molecule has 176 valence electrons. The Bertz CT molecular complexity index is 1020. The predicted octanol–water partition coefficient (Wildman–Crippen LogP) is 4.26. The monoisotopic (exact) mass is 474 g/mol. The SMILES string of the molecule is COCCCNC(=O)c1cc(NC(=O)c2ccc(Cl)c([N+](=O)[O-])c2)ccc1N1CCCCC1. The van der Waals surface area contributed by atoms with Crippen molar-refractivity contribution in [1.29, 1.82) is 0 Å². The van der Waals surface area contributed by atoms with E-state index in [1.807, 2.05) is 6.07 Å². The molecule has 0 radical (unpaired) electrons. The Labute approximate surface area is 197 Å². The number of benzene rings is 2. The average Bonchev–Trinajstić information content (AvgIpc) is 2.82. The molecule has 1 aliphatic rings. The van der Waals surface area contributed by atoms with E-state index in [1.54, 1.807) is 19.2 Å². The summed E-state index contributed by atoms with van der Waals surface area (Å²) in [5, 5.41) is 16.7. The Morgan fingerprint density at radius 3 is 2.58 bits per heavy atom. The van der Waals surface area contributed by atoms with Crippen molar-refractivity contribution < 1.29 is 19.2 Å². The van der Waals surface area contributed by atoms with Gasteiger partial charge in [0.05, 0.1) is 10.5 Å². The van der Waals surface area contributed by atoms with Crippen molar-refractivity contribution in [1.82, 2.24) is 5.32 Å². The molecular weight excluding hydrogens is 448 g/mol. The number of nitro benzene ring substituents is 1. The molecule has 0 bridgehead atoms. The van der Waals surface area contributed by atoms with Crippen molar-refractivity contribution in [3.8, 4) is 0 Å². The fraction of sp³-hybridized carbons (Fsp3) is 0.391. The lowest BCUT2D eigenvalue weighted by Crippen LogP contribution is -2.33. The fourth-order valence-corrected chi connectivity index (χ4v) is 3.90. The number of hydrogen-bond acceptors (Lipinski definition) is 6. The number of ether oxygens (including phenoxy) is 1. The summed E-state index contributed by atoms with van der Waals surface area (Å²) in [7, 11) is 1.61. The second-order valence-electron chi connectivity index (χ2n) is 7.76. The molecule has 2 amide bonds. The van der Waals surface area contributed by atoms with Gasteiger partial charge < -0.3 is 20.3 Å². The zero-order valence-corrected chi connectivity index (χ0v) is 19.2. The van der Waals surface area contributed by atoms with Crippen LogP contribution >= 0.6 is 11.6 Å². The molecule has 0 spiro atoms. The van der Waals surface area contributed by atoms with E-state index in [0.29, 0.717) is 30.8 Å². The van der Waals surface area contributed by atoms with Gasteiger partial charge in [0.2, 0.25) is 0 Å². The highest BCUT2D eigenvalue weighted by Gasteiger charge is 2.21. The number of nitro groups is 1. The Hall–Kier alpha value is -3.17. The third-order valence-corrected chi connectivity index (χ3v) is 5.73. The first-order valence-electron chi connectivity index (χ1n) is 10.8. The van der Waals surface area contributed by atoms with Crippen LogP contribution < -0.4 is 15.5 Å². The maximum atomic E-state index is 13.0. The van der Waals surface area contributed by atoms with Gasteiger partial charge in [-0.15, -0.1) is 0 Å². The van der Waals surface area contributed by atoms with E-state index in [1.165, 1.54) is 12.1 Å². The Balaban J connectivity index is 1.83. The van der Waals surface area contributed by atoms with Crippen LogP contribution in [0.5, 0.6) is 0 Å². The fourth-order valence-electron chi connectivity index (χ4n) is 3.72. The van der Waals surface area contributed by atoms with Crippen molar-refractivity contribution in [3.05, 3.63) is 62.7 Å². The van der Waals surface area contributed by atoms with E-state index in [0.717, 1.165) is 44.1 Å². The van der Waals surface area contributed by atoms with Gasteiger partial charge in [0, 0.05) is 56.4 Å². The molecule has 0 unspecified atom stereocenters. The molecule has 0 atom stereocenters. The summed E-state index contributed by atoms with van der Waals surface area (Å²) in [6.07, 6.45) is 3.97. The lowest BCUT2D eigenvalue weighted by atomic mass is 10.1. The van der Waals surface area contributed by atoms with Gasteiger partial charge in [0.15, 0.2) is 0 Å². The second kappa shape index (κ2) is 11.6. The van der Waals surface area contributed by atoms with Crippen molar-refractivity contribution in [2.24, 2.45) is 0 Å². The molecular formula is C23H27ClN4O5. The highest BCUT2D eigenvalue weighted by Crippen LogP contribution is 2.29. The van der Waals surface area contributed by atoms with Gasteiger partial charge in [-0.05, 0) is 56.0 Å². The highest BCUT2D eigenvalue weighted by atomic mass is 35.5. The number of amides is 2. The number of carbonyl (C=O) groups is 2. The number of carbonyl (C=O) groups excluding carboxylic acids is 2. The van der Waals surface area contributed by atoms with Crippen LogP contribution in [0.1, 0.15) is 46.4 Å². The van der Waals surface area contributed by atoms with Crippen LogP contribution in [0, 0.1) is 10.1 Å². The van der Waals surface area contributed by atoms with Gasteiger partial charge in [-0.3, -0.25) is 19.7 Å². The van der Waals surface area contributed by atoms with Crippen LogP contribution in [0.25, 0.3) is 0 Å². The van der Waals surface area contributed by atoms with Crippen molar-refractivity contribution >= 4 is 40.5 Å². The number of rotatable bonds is 9. The van der Waals surface area contributed by atoms with E-state index in [2.05, 4.69) is 15.5 Å². The molecule has 10 heteroatoms. The largest absolute Gasteiger partial charge is 0.385 e. The topological polar surface area (TPSA) is 114 Å². The number of nitrogens with one attached hydrogen (secondary N) is 2. The lowest BCUT2D eigenvalue weighted by Gasteiger charge is -2.30. The molecule has 2 aromatic rings. The Morgan fingerprint density at radius 2 is 1.88 bits per heavy atom. The van der Waals surface area contributed by atoms with Crippen molar-refractivity contribution in [2.45, 2.75) is 25.7 Å². The molecule has 0 aliphatic carbocycles. The third kappa shape index (κ3) is 6.43. The average molecular weight is 475 g/mol. The molecule has 33 heavy (non-hydrogen) atoms. The summed E-state index contributed by atoms with van der Waals surface area (Å²) in [4.78, 5) is 38.3. The lowest BCUT2D eigenvalue weighted by molar-refractivity contribution is -0.384. The Morgan fingerprint density at radius 1 is 1.12 bits per heavy atom. The number of methoxy groups -OCH3 is 1. The quantitative estimate of drug-likeness (QED) is 0.319. The van der Waals surface area contributed by atoms with Gasteiger partial charge in [-0.2, -0.15) is 0 Å². The zero-order valence-electron chi connectivity index (χ0n) is 18.4. The van der Waals surface area contributed by atoms with Gasteiger partial charge in [0.25, 0.3) is 17.5 Å². The molecule has 1 saturated heterocycles. The minimum Gasteiger partial charge on any atom is -0.385 e. The first kappa shape index (κ1) is 24.5. The molecule has 2 N–H and O–H groups in total. The van der Waals surface area contributed by atoms with Crippen molar-refractivity contribution in [2.75, 3.05) is 43.6 Å². The molecule has 9 nitrogen and oxygen atoms in total. The molecule has 0 aromatic heterocycles. The second-order valence-corrected chi connectivity index (χ2v) is 8.17. The van der Waals surface area contributed by atoms with Gasteiger partial charge in [0.1, 0.15) is 5.02 Å². The maximum absolute atomic E-state index is 13.0. The number of nitrogens with zero attached hydrogens (tertiary/aromatic N) is 2. The van der Waals surface area contributed by atoms with Crippen LogP contribution in [-0.2, 0) is 4.74 Å². The third-order valence-electron chi connectivity index (χ3n) is 5.41. The summed E-state index contributed by atoms with van der Waals surface area (Å²) in [5.41, 5.74) is 1.45. The van der Waals surface area contributed by atoms with E-state index in [4.69, 9.17) is 16.3 Å². The zero-order chi connectivity index (χ0) is 23.8. The first-order chi connectivity index (χ1) is 15.9. The highest BCUT2D eigenvalue weighted by molar-refractivity contribution is 6.32. The minimum absolute atomic E-state index is 0.0464. The van der Waals surface area contributed by atoms with E-state index in [-0.39, 0.29) is 22.2 Å². The minimum atomic E-state index is -0.640. The molecule has 1 heterocycles. The Kier molecular flexibility index (Phi) is 8.62. The van der Waals surface area contributed by atoms with Crippen LogP contribution in [0.4, 0.5) is 17.1 Å². The molecule has 2 aromatic carbocycles. The first-order valence-corrected chi connectivity index (χ1v) is 11.2. The van der Waals surface area contributed by atoms with Gasteiger partial charge >= 0.3 is 0 Å². The maximum Gasteiger partial charge on any atom is 0.288 e. The summed E-state index contributed by atoms with van der Waals surface area (Å²) in [5.74, 6) is -0.767. The van der Waals surface area contributed by atoms with Crippen LogP contribution in [0.2, 0.25) is 5.02 Å². The summed E-state index contributed by atoms with van der Waals surface area (Å²) >= 11 is 5.83. The van der Waals surface area contributed by atoms with Crippen LogP contribution in [0.3, 0.4) is 0 Å². The van der Waals surface area contributed by atoms with Crippen LogP contribution in [0.15, 0.2) is 36.4 Å². The van der Waals surface area contributed by atoms with Crippen LogP contribution in [-0.4, -0.2) is 50.1 Å². The molecule has 0 saturated carbocycles. The van der Waals surface area contributed by atoms with Crippen molar-refractivity contribution in [3.63, 3.8) is 0 Å². The normalized spacial score (nSPS) is 13.5. The molecule has 3 rings (SSSR count). The van der Waals surface area contributed by atoms with E-state index in [9.17, 15) is 19.7 Å². The summed E-state index contributed by atoms with van der Waals surface area (Å²) in [6, 6.07) is 9.05. The predicted molar refractivity (Wildman–Crippen MR) is 127 cm³/mol. The summed E-state index contributed by atoms with van der Waals surface area (Å²) < 4.78 is 5.03. The van der Waals surface area contributed by atoms with E-state index < -0.39 is 10.8 Å². The van der Waals surface area contributed by atoms with Gasteiger partial charge in [-0.1, -0.05) is 11.6 Å². The molecule has 1 aliphatic heterocycles. The number of piperidine rings is 1. The molecule has 1 fully saturated rings. The standard InChI is InChI=1S/C23H27ClN4O5/c1-33-13-5-10-25-23(30)18-15-17(7-9-20(18)27-11-3-2-4-12-27)26-22(29)16-6-8-19(24)21(14-16)28(31)32/h6-9,14-15H,2-5,10-13H2,1H3,(H,25,30)(H,26,29). The summed E-state index contributed by atoms with van der Waals surface area (Å²) in [6.45, 7) is 2.74. The number of hydrogen-bond donors (Lipinski definition) is 2. The number of anilines is 2.